The van der Waals surface area contributed by atoms with Crippen LogP contribution in [0.3, 0.4) is 0 Å². The second kappa shape index (κ2) is 2.73. The Hall–Kier alpha value is -0.570. The van der Waals surface area contributed by atoms with E-state index in [-0.39, 0.29) is 5.54 Å². The van der Waals surface area contributed by atoms with Gasteiger partial charge in [0, 0.05) is 25.0 Å². The third kappa shape index (κ3) is 1.61. The highest BCUT2D eigenvalue weighted by Crippen LogP contribution is 2.33. The summed E-state index contributed by atoms with van der Waals surface area (Å²) in [5.41, 5.74) is 5.94. The van der Waals surface area contributed by atoms with Crippen molar-refractivity contribution in [3.05, 3.63) is 0 Å². The van der Waals surface area contributed by atoms with E-state index in [2.05, 4.69) is 0 Å². The number of likely N-dealkylation sites (tertiary alicyclic amines) is 1. The Labute approximate surface area is 72.9 Å². The van der Waals surface area contributed by atoms with Crippen LogP contribution in [0.5, 0.6) is 0 Å². The lowest BCUT2D eigenvalue weighted by atomic mass is 10.1. The molecule has 12 heavy (non-hydrogen) atoms. The molecule has 2 fully saturated rings. The van der Waals surface area contributed by atoms with Gasteiger partial charge in [-0.05, 0) is 25.7 Å². The van der Waals surface area contributed by atoms with E-state index in [1.54, 1.807) is 0 Å². The van der Waals surface area contributed by atoms with Crippen LogP contribution in [-0.2, 0) is 4.79 Å². The lowest BCUT2D eigenvalue weighted by molar-refractivity contribution is -0.133. The number of carbonyl (C=O) groups is 1. The van der Waals surface area contributed by atoms with Gasteiger partial charge in [0.15, 0.2) is 0 Å². The number of nitrogens with zero attached hydrogens (tertiary/aromatic N) is 1. The molecule has 0 bridgehead atoms. The molecule has 3 nitrogen and oxygen atoms in total. The van der Waals surface area contributed by atoms with Gasteiger partial charge in [-0.1, -0.05) is 0 Å². The summed E-state index contributed by atoms with van der Waals surface area (Å²) in [6.07, 6.45) is 5.14. The van der Waals surface area contributed by atoms with E-state index in [9.17, 15) is 4.79 Å². The van der Waals surface area contributed by atoms with Gasteiger partial charge in [-0.2, -0.15) is 0 Å². The molecule has 68 valence electrons. The van der Waals surface area contributed by atoms with Crippen LogP contribution < -0.4 is 5.73 Å². The van der Waals surface area contributed by atoms with E-state index in [4.69, 9.17) is 5.73 Å². The number of carbonyl (C=O) groups excluding carboxylic acids is 1. The van der Waals surface area contributed by atoms with Gasteiger partial charge in [-0.3, -0.25) is 4.79 Å². The van der Waals surface area contributed by atoms with Crippen molar-refractivity contribution in [2.45, 2.75) is 37.6 Å². The van der Waals surface area contributed by atoms with E-state index in [1.165, 1.54) is 0 Å². The average molecular weight is 168 g/mol. The van der Waals surface area contributed by atoms with Crippen molar-refractivity contribution in [1.29, 1.82) is 0 Å². The Morgan fingerprint density at radius 3 is 2.75 bits per heavy atom. The van der Waals surface area contributed by atoms with Gasteiger partial charge in [-0.15, -0.1) is 0 Å². The summed E-state index contributed by atoms with van der Waals surface area (Å²) in [4.78, 5) is 13.3. The van der Waals surface area contributed by atoms with Crippen LogP contribution in [0.4, 0.5) is 0 Å². The molecule has 2 rings (SSSR count). The van der Waals surface area contributed by atoms with Gasteiger partial charge in [0.1, 0.15) is 0 Å². The molecule has 0 radical (unpaired) electrons. The van der Waals surface area contributed by atoms with Crippen LogP contribution >= 0.6 is 0 Å². The van der Waals surface area contributed by atoms with E-state index < -0.39 is 0 Å². The fraction of sp³-hybridized carbons (Fsp3) is 0.889. The normalized spacial score (nSPS) is 27.4. The molecule has 1 saturated carbocycles. The van der Waals surface area contributed by atoms with Crippen LogP contribution in [-0.4, -0.2) is 29.4 Å². The zero-order chi connectivity index (χ0) is 8.60. The fourth-order valence-corrected chi connectivity index (χ4v) is 1.73. The number of hydrogen-bond donors (Lipinski definition) is 1. The largest absolute Gasteiger partial charge is 0.341 e. The molecular weight excluding hydrogens is 152 g/mol. The summed E-state index contributed by atoms with van der Waals surface area (Å²) in [5, 5.41) is 0. The summed E-state index contributed by atoms with van der Waals surface area (Å²) in [6, 6.07) is 0. The summed E-state index contributed by atoms with van der Waals surface area (Å²) >= 11 is 0. The first-order chi connectivity index (χ1) is 5.70. The lowest BCUT2D eigenvalue weighted by Gasteiger charge is -2.29. The molecule has 0 aromatic rings. The van der Waals surface area contributed by atoms with E-state index in [0.717, 1.165) is 45.2 Å². The monoisotopic (exact) mass is 168 g/mol. The molecule has 0 aromatic carbocycles. The van der Waals surface area contributed by atoms with Gasteiger partial charge in [0.05, 0.1) is 0 Å². The molecule has 0 atom stereocenters. The molecule has 1 aliphatic heterocycles. The molecule has 1 saturated heterocycles. The Kier molecular flexibility index (Phi) is 1.83. The maximum atomic E-state index is 11.4. The smallest absolute Gasteiger partial charge is 0.222 e. The Morgan fingerprint density at radius 2 is 2.17 bits per heavy atom. The molecule has 1 heterocycles. The van der Waals surface area contributed by atoms with Crippen molar-refractivity contribution in [3.63, 3.8) is 0 Å². The first-order valence-electron chi connectivity index (χ1n) is 4.76. The Bertz CT molecular complexity index is 199. The van der Waals surface area contributed by atoms with Crippen LogP contribution in [0.25, 0.3) is 0 Å². The van der Waals surface area contributed by atoms with Crippen LogP contribution in [0, 0.1) is 0 Å². The highest BCUT2D eigenvalue weighted by molar-refractivity contribution is 5.77. The molecule has 2 N–H and O–H groups in total. The van der Waals surface area contributed by atoms with Crippen molar-refractivity contribution in [2.75, 3.05) is 13.1 Å². The zero-order valence-corrected chi connectivity index (χ0v) is 7.38. The first kappa shape index (κ1) is 8.05. The summed E-state index contributed by atoms with van der Waals surface area (Å²) in [5.74, 6) is 0.304. The first-order valence-corrected chi connectivity index (χ1v) is 4.76. The minimum atomic E-state index is -0.00694. The molecule has 0 spiro atoms. The number of amides is 1. The van der Waals surface area contributed by atoms with Crippen LogP contribution in [0.2, 0.25) is 0 Å². The quantitative estimate of drug-likeness (QED) is 0.652. The van der Waals surface area contributed by atoms with Gasteiger partial charge in [-0.25, -0.2) is 0 Å². The minimum absolute atomic E-state index is 0.00694. The Morgan fingerprint density at radius 1 is 1.42 bits per heavy atom. The lowest BCUT2D eigenvalue weighted by Crippen LogP contribution is -2.44. The predicted octanol–water partition coefficient (Wildman–Crippen LogP) is 0.490. The van der Waals surface area contributed by atoms with Gasteiger partial charge >= 0.3 is 0 Å². The fourth-order valence-electron chi connectivity index (χ4n) is 1.73. The van der Waals surface area contributed by atoms with Crippen LogP contribution in [0.15, 0.2) is 0 Å². The van der Waals surface area contributed by atoms with Gasteiger partial charge < -0.3 is 10.6 Å². The van der Waals surface area contributed by atoms with Gasteiger partial charge in [0.25, 0.3) is 0 Å². The topological polar surface area (TPSA) is 46.3 Å². The standard InChI is InChI=1S/C9H16N2O/c10-9(4-5-9)7-11-6-2-1-3-8(11)12/h1-7,10H2. The zero-order valence-electron chi connectivity index (χ0n) is 7.38. The van der Waals surface area contributed by atoms with E-state index >= 15 is 0 Å². The Balaban J connectivity index is 1.89. The highest BCUT2D eigenvalue weighted by atomic mass is 16.2. The molecule has 1 amide bonds. The predicted molar refractivity (Wildman–Crippen MR) is 46.6 cm³/mol. The van der Waals surface area contributed by atoms with Crippen molar-refractivity contribution >= 4 is 5.91 Å². The minimum Gasteiger partial charge on any atom is -0.341 e. The number of piperidine rings is 1. The molecule has 1 aliphatic carbocycles. The number of nitrogens with two attached hydrogens (primary N) is 1. The maximum Gasteiger partial charge on any atom is 0.222 e. The number of rotatable bonds is 2. The summed E-state index contributed by atoms with van der Waals surface area (Å²) in [7, 11) is 0. The molecule has 2 aliphatic rings. The average Bonchev–Trinajstić information content (AvgIpc) is 2.74. The molecule has 0 aromatic heterocycles. The molecule has 0 unspecified atom stereocenters. The van der Waals surface area contributed by atoms with E-state index in [1.807, 2.05) is 4.90 Å². The number of hydrogen-bond acceptors (Lipinski definition) is 2. The second-order valence-electron chi connectivity index (χ2n) is 4.13. The molecular formula is C9H16N2O. The highest BCUT2D eigenvalue weighted by Gasteiger charge is 2.40. The third-order valence-electron chi connectivity index (χ3n) is 2.82. The maximum absolute atomic E-state index is 11.4. The van der Waals surface area contributed by atoms with Crippen molar-refractivity contribution in [1.82, 2.24) is 4.90 Å². The van der Waals surface area contributed by atoms with Gasteiger partial charge in [0.2, 0.25) is 5.91 Å². The molecule has 3 heteroatoms. The van der Waals surface area contributed by atoms with Crippen molar-refractivity contribution in [3.8, 4) is 0 Å². The third-order valence-corrected chi connectivity index (χ3v) is 2.82. The van der Waals surface area contributed by atoms with Crippen LogP contribution in [0.1, 0.15) is 32.1 Å². The SMILES string of the molecule is NC1(CN2CCCCC2=O)CC1. The van der Waals surface area contributed by atoms with Crippen molar-refractivity contribution in [2.24, 2.45) is 5.73 Å². The summed E-state index contributed by atoms with van der Waals surface area (Å²) in [6.45, 7) is 1.73. The van der Waals surface area contributed by atoms with Crippen molar-refractivity contribution < 1.29 is 4.79 Å². The summed E-state index contributed by atoms with van der Waals surface area (Å²) < 4.78 is 0. The van der Waals surface area contributed by atoms with E-state index in [0.29, 0.717) is 5.91 Å². The second-order valence-corrected chi connectivity index (χ2v) is 4.13.